The molecule has 7 nitrogen and oxygen atoms in total. The number of aromatic nitrogens is 2. The van der Waals surface area contributed by atoms with E-state index >= 15 is 0 Å². The van der Waals surface area contributed by atoms with Crippen molar-refractivity contribution in [2.75, 3.05) is 51.8 Å². The standard InChI is InChI=1S/C21H32N6O.HI/c1-22-21(23-11-7-8-12-25(2)19-9-5-4-6-10-19)27-13-14-28-20(17-27)18-15-24-26(3)16-18;/h4-6,9-10,15-16,20H,7-8,11-14,17H2,1-3H3,(H,22,23);1H. The molecule has 1 fully saturated rings. The number of aliphatic imine (C=N–C) groups is 1. The van der Waals surface area contributed by atoms with Gasteiger partial charge < -0.3 is 19.9 Å². The molecule has 1 aliphatic heterocycles. The molecule has 1 unspecified atom stereocenters. The number of rotatable bonds is 7. The van der Waals surface area contributed by atoms with Gasteiger partial charge in [-0.3, -0.25) is 9.67 Å². The van der Waals surface area contributed by atoms with Crippen molar-refractivity contribution in [1.82, 2.24) is 20.0 Å². The Hall–Kier alpha value is -1.81. The summed E-state index contributed by atoms with van der Waals surface area (Å²) in [4.78, 5) is 9.05. The lowest BCUT2D eigenvalue weighted by Gasteiger charge is -2.34. The van der Waals surface area contributed by atoms with Gasteiger partial charge in [0.05, 0.1) is 19.3 Å². The smallest absolute Gasteiger partial charge is 0.193 e. The van der Waals surface area contributed by atoms with E-state index in [0.29, 0.717) is 6.61 Å². The highest BCUT2D eigenvalue weighted by Crippen LogP contribution is 2.21. The number of halogens is 1. The average molecular weight is 512 g/mol. The summed E-state index contributed by atoms with van der Waals surface area (Å²) in [6.45, 7) is 4.31. The minimum Gasteiger partial charge on any atom is -0.375 e. The Morgan fingerprint density at radius 1 is 1.31 bits per heavy atom. The van der Waals surface area contributed by atoms with E-state index in [2.05, 4.69) is 62.6 Å². The van der Waals surface area contributed by atoms with Gasteiger partial charge in [-0.15, -0.1) is 24.0 Å². The quantitative estimate of drug-likeness (QED) is 0.268. The second-order valence-electron chi connectivity index (χ2n) is 7.19. The third kappa shape index (κ3) is 6.88. The average Bonchev–Trinajstić information content (AvgIpc) is 3.17. The molecule has 1 atom stereocenters. The van der Waals surface area contributed by atoms with Gasteiger partial charge in [-0.2, -0.15) is 5.10 Å². The maximum atomic E-state index is 5.93. The monoisotopic (exact) mass is 512 g/mol. The van der Waals surface area contributed by atoms with Crippen LogP contribution in [0.5, 0.6) is 0 Å². The fourth-order valence-electron chi connectivity index (χ4n) is 3.47. The van der Waals surface area contributed by atoms with Crippen LogP contribution in [-0.4, -0.2) is 67.5 Å². The van der Waals surface area contributed by atoms with E-state index in [1.807, 2.05) is 31.2 Å². The SMILES string of the molecule is CN=C(NCCCCN(C)c1ccccc1)N1CCOC(c2cnn(C)c2)C1.I. The first-order valence-electron chi connectivity index (χ1n) is 9.99. The van der Waals surface area contributed by atoms with Gasteiger partial charge >= 0.3 is 0 Å². The number of aryl methyl sites for hydroxylation is 1. The lowest BCUT2D eigenvalue weighted by molar-refractivity contribution is -0.00801. The molecule has 0 radical (unpaired) electrons. The van der Waals surface area contributed by atoms with Crippen LogP contribution in [0.4, 0.5) is 5.69 Å². The third-order valence-corrected chi connectivity index (χ3v) is 5.07. The van der Waals surface area contributed by atoms with Crippen LogP contribution >= 0.6 is 24.0 Å². The molecule has 0 spiro atoms. The number of anilines is 1. The number of hydrogen-bond acceptors (Lipinski definition) is 4. The second kappa shape index (κ2) is 12.0. The highest BCUT2D eigenvalue weighted by molar-refractivity contribution is 14.0. The molecule has 0 bridgehead atoms. The molecule has 0 saturated carbocycles. The number of hydrogen-bond donors (Lipinski definition) is 1. The van der Waals surface area contributed by atoms with Gasteiger partial charge in [-0.1, -0.05) is 18.2 Å². The number of nitrogens with zero attached hydrogens (tertiary/aromatic N) is 5. The molecule has 2 aromatic rings. The van der Waals surface area contributed by atoms with Crippen LogP contribution in [0.3, 0.4) is 0 Å². The molecule has 0 aliphatic carbocycles. The highest BCUT2D eigenvalue weighted by Gasteiger charge is 2.24. The van der Waals surface area contributed by atoms with Crippen LogP contribution in [0.15, 0.2) is 47.7 Å². The zero-order valence-electron chi connectivity index (χ0n) is 17.6. The number of morpholine rings is 1. The first-order chi connectivity index (χ1) is 13.7. The molecular formula is C21H33IN6O. The van der Waals surface area contributed by atoms with Crippen LogP contribution in [0, 0.1) is 0 Å². The van der Waals surface area contributed by atoms with E-state index in [0.717, 1.165) is 50.5 Å². The third-order valence-electron chi connectivity index (χ3n) is 5.07. The summed E-state index contributed by atoms with van der Waals surface area (Å²) >= 11 is 0. The minimum atomic E-state index is 0. The number of nitrogens with one attached hydrogen (secondary N) is 1. The summed E-state index contributed by atoms with van der Waals surface area (Å²) in [5.74, 6) is 0.952. The van der Waals surface area contributed by atoms with Crippen molar-refractivity contribution in [3.63, 3.8) is 0 Å². The molecule has 3 rings (SSSR count). The van der Waals surface area contributed by atoms with Crippen molar-refractivity contribution < 1.29 is 4.74 Å². The van der Waals surface area contributed by atoms with Crippen molar-refractivity contribution in [1.29, 1.82) is 0 Å². The number of unbranched alkanes of at least 4 members (excludes halogenated alkanes) is 1. The predicted octanol–water partition coefficient (Wildman–Crippen LogP) is 2.90. The van der Waals surface area contributed by atoms with Gasteiger partial charge in [0.1, 0.15) is 6.10 Å². The van der Waals surface area contributed by atoms with Crippen molar-refractivity contribution in [2.45, 2.75) is 18.9 Å². The van der Waals surface area contributed by atoms with Crippen LogP contribution in [0.25, 0.3) is 0 Å². The van der Waals surface area contributed by atoms with Gasteiger partial charge in [0, 0.05) is 58.2 Å². The van der Waals surface area contributed by atoms with Gasteiger partial charge in [-0.05, 0) is 25.0 Å². The molecule has 1 aromatic heterocycles. The topological polar surface area (TPSA) is 57.9 Å². The van der Waals surface area contributed by atoms with E-state index < -0.39 is 0 Å². The van der Waals surface area contributed by atoms with Gasteiger partial charge in [0.25, 0.3) is 0 Å². The molecule has 1 aliphatic rings. The maximum Gasteiger partial charge on any atom is 0.193 e. The lowest BCUT2D eigenvalue weighted by atomic mass is 10.1. The fraction of sp³-hybridized carbons (Fsp3) is 0.524. The van der Waals surface area contributed by atoms with E-state index in [1.54, 1.807) is 0 Å². The Labute approximate surface area is 191 Å². The van der Waals surface area contributed by atoms with Crippen molar-refractivity contribution >= 4 is 35.6 Å². The summed E-state index contributed by atoms with van der Waals surface area (Å²) in [7, 11) is 5.92. The maximum absolute atomic E-state index is 5.93. The molecule has 29 heavy (non-hydrogen) atoms. The van der Waals surface area contributed by atoms with Crippen molar-refractivity contribution in [3.05, 3.63) is 48.3 Å². The molecular weight excluding hydrogens is 479 g/mol. The van der Waals surface area contributed by atoms with Crippen LogP contribution in [0.2, 0.25) is 0 Å². The zero-order chi connectivity index (χ0) is 19.8. The van der Waals surface area contributed by atoms with Gasteiger partial charge in [-0.25, -0.2) is 0 Å². The fourth-order valence-corrected chi connectivity index (χ4v) is 3.47. The first kappa shape index (κ1) is 23.5. The summed E-state index contributed by atoms with van der Waals surface area (Å²) < 4.78 is 7.75. The molecule has 1 saturated heterocycles. The molecule has 1 N–H and O–H groups in total. The largest absolute Gasteiger partial charge is 0.375 e. The molecule has 160 valence electrons. The molecule has 0 amide bonds. The van der Waals surface area contributed by atoms with Crippen molar-refractivity contribution in [2.24, 2.45) is 12.0 Å². The molecule has 1 aromatic carbocycles. The summed E-state index contributed by atoms with van der Waals surface area (Å²) in [6.07, 6.45) is 6.19. The molecule has 2 heterocycles. The normalized spacial score (nSPS) is 17.0. The first-order valence-corrected chi connectivity index (χ1v) is 9.99. The van der Waals surface area contributed by atoms with E-state index in [9.17, 15) is 0 Å². The van der Waals surface area contributed by atoms with Crippen molar-refractivity contribution in [3.8, 4) is 0 Å². The highest BCUT2D eigenvalue weighted by atomic mass is 127. The van der Waals surface area contributed by atoms with Crippen LogP contribution in [-0.2, 0) is 11.8 Å². The van der Waals surface area contributed by atoms with Crippen LogP contribution in [0.1, 0.15) is 24.5 Å². The van der Waals surface area contributed by atoms with E-state index in [4.69, 9.17) is 4.74 Å². The lowest BCUT2D eigenvalue weighted by Crippen LogP contribution is -2.48. The van der Waals surface area contributed by atoms with E-state index in [1.165, 1.54) is 5.69 Å². The number of benzene rings is 1. The number of ether oxygens (including phenoxy) is 1. The van der Waals surface area contributed by atoms with Gasteiger partial charge in [0.2, 0.25) is 0 Å². The Kier molecular flexibility index (Phi) is 9.72. The summed E-state index contributed by atoms with van der Waals surface area (Å²) in [5, 5.41) is 7.77. The number of para-hydroxylation sites is 1. The number of guanidine groups is 1. The summed E-state index contributed by atoms with van der Waals surface area (Å²) in [5.41, 5.74) is 2.38. The van der Waals surface area contributed by atoms with Gasteiger partial charge in [0.15, 0.2) is 5.96 Å². The molecule has 8 heteroatoms. The Bertz CT molecular complexity index is 751. The predicted molar refractivity (Wildman–Crippen MR) is 129 cm³/mol. The Morgan fingerprint density at radius 3 is 2.79 bits per heavy atom. The zero-order valence-corrected chi connectivity index (χ0v) is 20.0. The Balaban J connectivity index is 0.00000300. The minimum absolute atomic E-state index is 0. The summed E-state index contributed by atoms with van der Waals surface area (Å²) in [6, 6.07) is 10.5. The van der Waals surface area contributed by atoms with Crippen LogP contribution < -0.4 is 10.2 Å². The Morgan fingerprint density at radius 2 is 2.10 bits per heavy atom. The second-order valence-corrected chi connectivity index (χ2v) is 7.19. The van der Waals surface area contributed by atoms with E-state index in [-0.39, 0.29) is 30.1 Å².